The third-order valence-corrected chi connectivity index (χ3v) is 8.82. The Labute approximate surface area is 270 Å². The smallest absolute Gasteiger partial charge is 0.338 e. The first-order chi connectivity index (χ1) is 22.4. The number of rotatable bonds is 9. The Hall–Kier alpha value is -5.08. The van der Waals surface area contributed by atoms with Gasteiger partial charge in [-0.1, -0.05) is 116 Å². The number of thiazole rings is 1. The molecule has 0 aliphatic carbocycles. The lowest BCUT2D eigenvalue weighted by Crippen LogP contribution is -2.40. The number of halogens is 1. The van der Waals surface area contributed by atoms with Gasteiger partial charge in [0.05, 0.1) is 28.5 Å². The van der Waals surface area contributed by atoms with Crippen LogP contribution in [0.4, 0.5) is 4.39 Å². The second-order valence-electron chi connectivity index (χ2n) is 11.2. The van der Waals surface area contributed by atoms with Gasteiger partial charge in [-0.15, -0.1) is 0 Å². The topological polar surface area (TPSA) is 69.9 Å². The van der Waals surface area contributed by atoms with E-state index < -0.39 is 12.0 Å². The van der Waals surface area contributed by atoms with Crippen LogP contribution in [-0.4, -0.2) is 17.1 Å². The standard InChI is InChI=1S/C38H33FN2O4S/c1-4-44-37(43)33-34(26-12-6-5-7-13-26)40-38-41(35(33)27-20-18-25(19-21-27)24(2)3)36(42)32(46-38)22-28-14-9-11-17-31(28)45-23-29-15-8-10-16-30(29)39/h5-22,24,35H,4,23H2,1-3H3/b32-22-/t35-/m1/s1. The molecular weight excluding hydrogens is 599 g/mol. The fourth-order valence-corrected chi connectivity index (χ4v) is 6.45. The zero-order valence-corrected chi connectivity index (χ0v) is 26.6. The minimum absolute atomic E-state index is 0.0362. The predicted molar refractivity (Wildman–Crippen MR) is 179 cm³/mol. The monoisotopic (exact) mass is 632 g/mol. The van der Waals surface area contributed by atoms with Crippen molar-refractivity contribution in [2.24, 2.45) is 4.99 Å². The minimum Gasteiger partial charge on any atom is -0.488 e. The SMILES string of the molecule is CCOC(=O)C1=C(c2ccccc2)N=c2s/c(=C\c3ccccc3OCc3ccccc3F)c(=O)n2[C@@H]1c1ccc(C(C)C)cc1. The van der Waals surface area contributed by atoms with Crippen LogP contribution in [0.3, 0.4) is 0 Å². The van der Waals surface area contributed by atoms with Crippen molar-refractivity contribution >= 4 is 29.1 Å². The van der Waals surface area contributed by atoms with E-state index in [0.29, 0.717) is 43.4 Å². The normalized spacial score (nSPS) is 14.6. The zero-order valence-electron chi connectivity index (χ0n) is 25.8. The van der Waals surface area contributed by atoms with Crippen molar-refractivity contribution in [1.82, 2.24) is 4.57 Å². The summed E-state index contributed by atoms with van der Waals surface area (Å²) in [6.07, 6.45) is 1.76. The van der Waals surface area contributed by atoms with E-state index in [1.165, 1.54) is 17.4 Å². The number of hydrogen-bond acceptors (Lipinski definition) is 6. The largest absolute Gasteiger partial charge is 0.488 e. The summed E-state index contributed by atoms with van der Waals surface area (Å²) in [6, 6.07) is 30.5. The van der Waals surface area contributed by atoms with E-state index in [9.17, 15) is 14.0 Å². The fourth-order valence-electron chi connectivity index (χ4n) is 5.46. The number of benzene rings is 4. The summed E-state index contributed by atoms with van der Waals surface area (Å²) in [5.74, 6) is -0.0446. The number of hydrogen-bond donors (Lipinski definition) is 0. The lowest BCUT2D eigenvalue weighted by atomic mass is 9.91. The van der Waals surface area contributed by atoms with Gasteiger partial charge in [0.1, 0.15) is 18.2 Å². The van der Waals surface area contributed by atoms with Gasteiger partial charge in [-0.05, 0) is 42.2 Å². The Balaban J connectivity index is 1.53. The Morgan fingerprint density at radius 3 is 2.37 bits per heavy atom. The maximum absolute atomic E-state index is 14.3. The minimum atomic E-state index is -0.763. The maximum atomic E-state index is 14.3. The predicted octanol–water partition coefficient (Wildman–Crippen LogP) is 6.78. The van der Waals surface area contributed by atoms with Gasteiger partial charge in [0.25, 0.3) is 5.56 Å². The Morgan fingerprint density at radius 2 is 1.65 bits per heavy atom. The molecule has 1 aromatic heterocycles. The molecule has 6 rings (SSSR count). The Kier molecular flexibility index (Phi) is 9.08. The molecule has 2 heterocycles. The molecule has 0 spiro atoms. The molecule has 6 nitrogen and oxygen atoms in total. The summed E-state index contributed by atoms with van der Waals surface area (Å²) in [6.45, 7) is 6.21. The van der Waals surface area contributed by atoms with Crippen LogP contribution in [0.25, 0.3) is 11.8 Å². The van der Waals surface area contributed by atoms with Gasteiger partial charge in [-0.3, -0.25) is 9.36 Å². The van der Waals surface area contributed by atoms with Crippen LogP contribution in [0.1, 0.15) is 60.5 Å². The molecule has 1 aliphatic heterocycles. The number of carbonyl (C=O) groups excluding carboxylic acids is 1. The van der Waals surface area contributed by atoms with Crippen molar-refractivity contribution in [2.75, 3.05) is 6.61 Å². The fraction of sp³-hybridized carbons (Fsp3) is 0.184. The van der Waals surface area contributed by atoms with Crippen LogP contribution < -0.4 is 19.6 Å². The molecule has 4 aromatic carbocycles. The highest BCUT2D eigenvalue weighted by Crippen LogP contribution is 2.35. The van der Waals surface area contributed by atoms with Crippen molar-refractivity contribution in [2.45, 2.75) is 39.3 Å². The number of esters is 1. The van der Waals surface area contributed by atoms with Gasteiger partial charge in [-0.25, -0.2) is 14.2 Å². The molecule has 0 unspecified atom stereocenters. The molecule has 0 radical (unpaired) electrons. The van der Waals surface area contributed by atoms with Crippen LogP contribution in [-0.2, 0) is 16.1 Å². The van der Waals surface area contributed by atoms with Crippen LogP contribution in [0.5, 0.6) is 5.75 Å². The number of ether oxygens (including phenoxy) is 2. The van der Waals surface area contributed by atoms with Gasteiger partial charge in [-0.2, -0.15) is 0 Å². The molecule has 5 aromatic rings. The van der Waals surface area contributed by atoms with Gasteiger partial charge >= 0.3 is 5.97 Å². The first-order valence-electron chi connectivity index (χ1n) is 15.2. The molecule has 8 heteroatoms. The van der Waals surface area contributed by atoms with Crippen molar-refractivity contribution < 1.29 is 18.7 Å². The molecule has 46 heavy (non-hydrogen) atoms. The molecule has 1 atom stereocenters. The van der Waals surface area contributed by atoms with E-state index in [-0.39, 0.29) is 24.6 Å². The molecule has 0 saturated carbocycles. The van der Waals surface area contributed by atoms with E-state index in [1.807, 2.05) is 72.8 Å². The first-order valence-corrected chi connectivity index (χ1v) is 16.0. The number of fused-ring (bicyclic) bond motifs is 1. The molecule has 0 N–H and O–H groups in total. The van der Waals surface area contributed by atoms with E-state index in [1.54, 1.807) is 41.8 Å². The first kappa shape index (κ1) is 30.9. The van der Waals surface area contributed by atoms with Gasteiger partial charge < -0.3 is 9.47 Å². The highest BCUT2D eigenvalue weighted by molar-refractivity contribution is 7.07. The summed E-state index contributed by atoms with van der Waals surface area (Å²) in [4.78, 5) is 33.4. The number of para-hydroxylation sites is 1. The highest BCUT2D eigenvalue weighted by Gasteiger charge is 2.35. The number of aromatic nitrogens is 1. The lowest BCUT2D eigenvalue weighted by molar-refractivity contribution is -0.138. The van der Waals surface area contributed by atoms with E-state index in [4.69, 9.17) is 14.5 Å². The number of carbonyl (C=O) groups is 1. The van der Waals surface area contributed by atoms with Crippen LogP contribution in [0.15, 0.2) is 118 Å². The van der Waals surface area contributed by atoms with Crippen molar-refractivity contribution in [3.05, 3.63) is 162 Å². The Morgan fingerprint density at radius 1 is 0.957 bits per heavy atom. The van der Waals surface area contributed by atoms with Crippen molar-refractivity contribution in [3.8, 4) is 5.75 Å². The van der Waals surface area contributed by atoms with E-state index >= 15 is 0 Å². The average molecular weight is 633 g/mol. The summed E-state index contributed by atoms with van der Waals surface area (Å²) in [7, 11) is 0. The van der Waals surface area contributed by atoms with E-state index in [2.05, 4.69) is 13.8 Å². The summed E-state index contributed by atoms with van der Waals surface area (Å²) in [5.41, 5.74) is 4.25. The summed E-state index contributed by atoms with van der Waals surface area (Å²) in [5, 5.41) is 0. The molecule has 1 aliphatic rings. The van der Waals surface area contributed by atoms with Gasteiger partial charge in [0.15, 0.2) is 4.80 Å². The van der Waals surface area contributed by atoms with Crippen LogP contribution >= 0.6 is 11.3 Å². The van der Waals surface area contributed by atoms with Crippen molar-refractivity contribution in [1.29, 1.82) is 0 Å². The zero-order chi connectivity index (χ0) is 32.2. The maximum Gasteiger partial charge on any atom is 0.338 e. The molecule has 0 amide bonds. The number of nitrogens with zero attached hydrogens (tertiary/aromatic N) is 2. The summed E-state index contributed by atoms with van der Waals surface area (Å²) >= 11 is 1.24. The van der Waals surface area contributed by atoms with Gasteiger partial charge in [0, 0.05) is 16.7 Å². The Bertz CT molecular complexity index is 2100. The second kappa shape index (κ2) is 13.5. The second-order valence-corrected chi connectivity index (χ2v) is 12.2. The molecule has 232 valence electrons. The van der Waals surface area contributed by atoms with Crippen LogP contribution in [0, 0.1) is 5.82 Å². The molecule has 0 saturated heterocycles. The van der Waals surface area contributed by atoms with E-state index in [0.717, 1.165) is 16.7 Å². The molecule has 0 bridgehead atoms. The van der Waals surface area contributed by atoms with Crippen LogP contribution in [0.2, 0.25) is 0 Å². The lowest BCUT2D eigenvalue weighted by Gasteiger charge is -2.26. The third-order valence-electron chi connectivity index (χ3n) is 7.84. The van der Waals surface area contributed by atoms with Crippen molar-refractivity contribution in [3.63, 3.8) is 0 Å². The highest BCUT2D eigenvalue weighted by atomic mass is 32.1. The average Bonchev–Trinajstić information content (AvgIpc) is 3.38. The third kappa shape index (κ3) is 6.21. The van der Waals surface area contributed by atoms with Gasteiger partial charge in [0.2, 0.25) is 0 Å². The molecular formula is C38H33FN2O4S. The molecule has 0 fully saturated rings. The summed E-state index contributed by atoms with van der Waals surface area (Å²) < 4.78 is 27.9. The quantitative estimate of drug-likeness (QED) is 0.168.